The number of hydrogen-bond donors (Lipinski definition) is 3. The van der Waals surface area contributed by atoms with Crippen molar-refractivity contribution in [3.05, 3.63) is 35.4 Å². The van der Waals surface area contributed by atoms with Gasteiger partial charge in [-0.25, -0.2) is 14.5 Å². The first-order valence-corrected chi connectivity index (χ1v) is 6.02. The summed E-state index contributed by atoms with van der Waals surface area (Å²) in [5.74, 6) is -1.11. The molecule has 0 aromatic heterocycles. The maximum atomic E-state index is 11.8. The summed E-state index contributed by atoms with van der Waals surface area (Å²) in [6.07, 6.45) is -0.346. The second-order valence-electron chi connectivity index (χ2n) is 4.28. The van der Waals surface area contributed by atoms with Crippen LogP contribution in [0, 0.1) is 6.92 Å². The largest absolute Gasteiger partial charge is 0.481 e. The smallest absolute Gasteiger partial charge is 0.325 e. The molecule has 1 aromatic carbocycles. The van der Waals surface area contributed by atoms with Crippen molar-refractivity contribution in [3.8, 4) is 0 Å². The molecule has 4 N–H and O–H groups in total. The van der Waals surface area contributed by atoms with E-state index in [-0.39, 0.29) is 19.5 Å². The molecule has 0 bridgehead atoms. The molecule has 4 amide bonds. The zero-order valence-electron chi connectivity index (χ0n) is 11.1. The van der Waals surface area contributed by atoms with Crippen LogP contribution in [0.1, 0.15) is 17.5 Å². The summed E-state index contributed by atoms with van der Waals surface area (Å²) >= 11 is 0. The molecular formula is C13H17N3O4. The number of nitrogens with zero attached hydrogens (tertiary/aromatic N) is 1. The van der Waals surface area contributed by atoms with Crippen molar-refractivity contribution in [2.75, 3.05) is 6.54 Å². The first-order chi connectivity index (χ1) is 9.40. The van der Waals surface area contributed by atoms with Crippen molar-refractivity contribution in [3.63, 3.8) is 0 Å². The third-order valence-electron chi connectivity index (χ3n) is 2.62. The molecule has 0 saturated heterocycles. The number of primary amides is 1. The van der Waals surface area contributed by atoms with E-state index in [0.29, 0.717) is 4.90 Å². The molecule has 7 nitrogen and oxygen atoms in total. The Balaban J connectivity index is 2.55. The van der Waals surface area contributed by atoms with Gasteiger partial charge in [-0.1, -0.05) is 29.8 Å². The number of carboxylic acids is 1. The van der Waals surface area contributed by atoms with E-state index < -0.39 is 18.0 Å². The Morgan fingerprint density at radius 2 is 1.85 bits per heavy atom. The van der Waals surface area contributed by atoms with Gasteiger partial charge in [-0.2, -0.15) is 0 Å². The van der Waals surface area contributed by atoms with Crippen molar-refractivity contribution >= 4 is 18.0 Å². The van der Waals surface area contributed by atoms with Crippen LogP contribution in [0.2, 0.25) is 0 Å². The van der Waals surface area contributed by atoms with E-state index in [1.807, 2.05) is 31.2 Å². The average molecular weight is 279 g/mol. The standard InChI is InChI=1S/C13H17N3O4/c1-9-2-4-10(5-3-9)8-15-13(20)16(12(14)19)7-6-11(17)18/h2-5H,6-8H2,1H3,(H2,14,19)(H,15,20)(H,17,18). The molecule has 1 aromatic rings. The number of aliphatic carboxylic acids is 1. The third kappa shape index (κ3) is 4.97. The van der Waals surface area contributed by atoms with Crippen LogP contribution in [0.15, 0.2) is 24.3 Å². The number of carbonyl (C=O) groups excluding carboxylic acids is 2. The lowest BCUT2D eigenvalue weighted by Crippen LogP contribution is -2.47. The van der Waals surface area contributed by atoms with E-state index in [1.165, 1.54) is 0 Å². The zero-order chi connectivity index (χ0) is 15.1. The monoisotopic (exact) mass is 279 g/mol. The van der Waals surface area contributed by atoms with Crippen LogP contribution < -0.4 is 11.1 Å². The van der Waals surface area contributed by atoms with Crippen LogP contribution in [0.4, 0.5) is 9.59 Å². The minimum absolute atomic E-state index is 0.232. The fraction of sp³-hybridized carbons (Fsp3) is 0.308. The van der Waals surface area contributed by atoms with Gasteiger partial charge in [0.1, 0.15) is 0 Å². The van der Waals surface area contributed by atoms with E-state index >= 15 is 0 Å². The minimum Gasteiger partial charge on any atom is -0.481 e. The number of benzene rings is 1. The molecule has 1 rings (SSSR count). The summed E-state index contributed by atoms with van der Waals surface area (Å²) in [6.45, 7) is 1.92. The summed E-state index contributed by atoms with van der Waals surface area (Å²) in [5.41, 5.74) is 7.01. The SMILES string of the molecule is Cc1ccc(CNC(=O)N(CCC(=O)O)C(N)=O)cc1. The Kier molecular flexibility index (Phi) is 5.52. The van der Waals surface area contributed by atoms with E-state index in [9.17, 15) is 14.4 Å². The number of nitrogens with one attached hydrogen (secondary N) is 1. The second-order valence-corrected chi connectivity index (χ2v) is 4.28. The Morgan fingerprint density at radius 1 is 1.25 bits per heavy atom. The van der Waals surface area contributed by atoms with Crippen LogP contribution in [0.5, 0.6) is 0 Å². The van der Waals surface area contributed by atoms with E-state index in [2.05, 4.69) is 5.32 Å². The lowest BCUT2D eigenvalue weighted by Gasteiger charge is -2.18. The Morgan fingerprint density at radius 3 is 2.35 bits per heavy atom. The third-order valence-corrected chi connectivity index (χ3v) is 2.62. The summed E-state index contributed by atoms with van der Waals surface area (Å²) < 4.78 is 0. The van der Waals surface area contributed by atoms with Crippen molar-refractivity contribution in [2.45, 2.75) is 19.9 Å². The first-order valence-electron chi connectivity index (χ1n) is 6.02. The molecule has 0 heterocycles. The molecule has 0 aliphatic rings. The van der Waals surface area contributed by atoms with Crippen LogP contribution in [-0.4, -0.2) is 34.6 Å². The van der Waals surface area contributed by atoms with Gasteiger partial charge in [0.15, 0.2) is 0 Å². The number of aryl methyl sites for hydroxylation is 1. The minimum atomic E-state index is -1.11. The molecule has 20 heavy (non-hydrogen) atoms. The lowest BCUT2D eigenvalue weighted by molar-refractivity contribution is -0.137. The Hall–Kier alpha value is -2.57. The van der Waals surface area contributed by atoms with Gasteiger partial charge in [0.2, 0.25) is 0 Å². The second kappa shape index (κ2) is 7.13. The van der Waals surface area contributed by atoms with Crippen molar-refractivity contribution in [2.24, 2.45) is 5.73 Å². The molecule has 108 valence electrons. The van der Waals surface area contributed by atoms with Gasteiger partial charge in [-0.05, 0) is 12.5 Å². The fourth-order valence-corrected chi connectivity index (χ4v) is 1.50. The molecule has 0 saturated carbocycles. The topological polar surface area (TPSA) is 113 Å². The van der Waals surface area contributed by atoms with Gasteiger partial charge < -0.3 is 16.2 Å². The van der Waals surface area contributed by atoms with Crippen LogP contribution in [-0.2, 0) is 11.3 Å². The van der Waals surface area contributed by atoms with E-state index in [1.54, 1.807) is 0 Å². The highest BCUT2D eigenvalue weighted by atomic mass is 16.4. The molecule has 0 fully saturated rings. The number of amides is 4. The van der Waals surface area contributed by atoms with Gasteiger partial charge >= 0.3 is 18.0 Å². The number of carbonyl (C=O) groups is 3. The number of hydrogen-bond acceptors (Lipinski definition) is 3. The molecule has 0 spiro atoms. The van der Waals surface area contributed by atoms with E-state index in [4.69, 9.17) is 10.8 Å². The van der Waals surface area contributed by atoms with Crippen LogP contribution >= 0.6 is 0 Å². The molecule has 0 unspecified atom stereocenters. The quantitative estimate of drug-likeness (QED) is 0.747. The Labute approximate surface area is 116 Å². The summed E-state index contributed by atoms with van der Waals surface area (Å²) in [5, 5.41) is 11.1. The average Bonchev–Trinajstić information content (AvgIpc) is 2.37. The molecule has 0 radical (unpaired) electrons. The lowest BCUT2D eigenvalue weighted by atomic mass is 10.1. The number of carboxylic acid groups (broad SMARTS) is 1. The first kappa shape index (κ1) is 15.5. The highest BCUT2D eigenvalue weighted by molar-refractivity contribution is 5.93. The van der Waals surface area contributed by atoms with E-state index in [0.717, 1.165) is 11.1 Å². The predicted octanol–water partition coefficient (Wildman–Crippen LogP) is 1.06. The summed E-state index contributed by atoms with van der Waals surface area (Å²) in [7, 11) is 0. The number of imide groups is 1. The van der Waals surface area contributed by atoms with Gasteiger partial charge in [0, 0.05) is 13.1 Å². The van der Waals surface area contributed by atoms with Gasteiger partial charge in [-0.3, -0.25) is 4.79 Å². The van der Waals surface area contributed by atoms with Crippen molar-refractivity contribution in [1.82, 2.24) is 10.2 Å². The molecule has 0 aliphatic carbocycles. The number of nitrogens with two attached hydrogens (primary N) is 1. The highest BCUT2D eigenvalue weighted by Crippen LogP contribution is 2.03. The number of rotatable bonds is 5. The van der Waals surface area contributed by atoms with Crippen molar-refractivity contribution < 1.29 is 19.5 Å². The maximum absolute atomic E-state index is 11.8. The molecule has 0 aliphatic heterocycles. The van der Waals surface area contributed by atoms with Crippen molar-refractivity contribution in [1.29, 1.82) is 0 Å². The molecular weight excluding hydrogens is 262 g/mol. The summed E-state index contributed by atoms with van der Waals surface area (Å²) in [6, 6.07) is 5.81. The number of urea groups is 2. The van der Waals surface area contributed by atoms with Gasteiger partial charge in [0.25, 0.3) is 0 Å². The van der Waals surface area contributed by atoms with Crippen LogP contribution in [0.3, 0.4) is 0 Å². The maximum Gasteiger partial charge on any atom is 0.325 e. The highest BCUT2D eigenvalue weighted by Gasteiger charge is 2.19. The van der Waals surface area contributed by atoms with Gasteiger partial charge in [0.05, 0.1) is 6.42 Å². The fourth-order valence-electron chi connectivity index (χ4n) is 1.50. The predicted molar refractivity (Wildman–Crippen MR) is 72.0 cm³/mol. The zero-order valence-corrected chi connectivity index (χ0v) is 11.1. The normalized spacial score (nSPS) is 9.85. The molecule has 0 atom stereocenters. The molecule has 7 heteroatoms. The van der Waals surface area contributed by atoms with Crippen LogP contribution in [0.25, 0.3) is 0 Å². The van der Waals surface area contributed by atoms with Gasteiger partial charge in [-0.15, -0.1) is 0 Å². The summed E-state index contributed by atoms with van der Waals surface area (Å²) in [4.78, 5) is 34.0. The Bertz CT molecular complexity index is 499.